The lowest BCUT2D eigenvalue weighted by molar-refractivity contribution is 0.0822. The molecular formula is C22H23ClN6O4S. The number of morpholine rings is 1. The van der Waals surface area contributed by atoms with Crippen LogP contribution in [0.5, 0.6) is 5.19 Å². The van der Waals surface area contributed by atoms with Crippen molar-refractivity contribution in [1.82, 2.24) is 20.1 Å². The number of rotatable bonds is 7. The Labute approximate surface area is 205 Å². The lowest BCUT2D eigenvalue weighted by atomic mass is 10.0. The number of benzene rings is 1. The van der Waals surface area contributed by atoms with Crippen LogP contribution < -0.4 is 15.4 Å². The Kier molecular flexibility index (Phi) is 7.25. The molecule has 1 aromatic carbocycles. The lowest BCUT2D eigenvalue weighted by Gasteiger charge is -2.32. The summed E-state index contributed by atoms with van der Waals surface area (Å²) in [6, 6.07) is 7.27. The quantitative estimate of drug-likeness (QED) is 0.522. The molecule has 4 rings (SSSR count). The summed E-state index contributed by atoms with van der Waals surface area (Å²) < 4.78 is 11.3. The first-order chi connectivity index (χ1) is 16.3. The Morgan fingerprint density at radius 2 is 1.91 bits per heavy atom. The van der Waals surface area contributed by atoms with E-state index in [1.54, 1.807) is 26.2 Å². The minimum absolute atomic E-state index is 0.150. The summed E-state index contributed by atoms with van der Waals surface area (Å²) in [6.07, 6.45) is 1.34. The van der Waals surface area contributed by atoms with Crippen LogP contribution >= 0.6 is 22.9 Å². The number of nitrogens with two attached hydrogens (primary N) is 1. The van der Waals surface area contributed by atoms with E-state index in [4.69, 9.17) is 26.8 Å². The van der Waals surface area contributed by atoms with E-state index in [1.807, 2.05) is 17.0 Å². The van der Waals surface area contributed by atoms with Crippen molar-refractivity contribution in [2.75, 3.05) is 45.3 Å². The van der Waals surface area contributed by atoms with Gasteiger partial charge in [-0.15, -0.1) is 5.10 Å². The Balaban J connectivity index is 1.77. The number of halogens is 1. The number of primary amides is 1. The minimum Gasteiger partial charge on any atom is -0.464 e. The van der Waals surface area contributed by atoms with Crippen LogP contribution in [0, 0.1) is 0 Å². The van der Waals surface area contributed by atoms with E-state index in [1.165, 1.54) is 11.1 Å². The number of carbonyl (C=O) groups excluding carboxylic acids is 2. The maximum Gasteiger partial charge on any atom is 0.294 e. The van der Waals surface area contributed by atoms with Crippen LogP contribution in [0.25, 0.3) is 10.6 Å². The van der Waals surface area contributed by atoms with E-state index in [2.05, 4.69) is 15.2 Å². The van der Waals surface area contributed by atoms with Gasteiger partial charge in [0.2, 0.25) is 0 Å². The molecule has 1 fully saturated rings. The van der Waals surface area contributed by atoms with Gasteiger partial charge in [0.05, 0.1) is 30.0 Å². The number of hydrogen-bond acceptors (Lipinski definition) is 9. The second kappa shape index (κ2) is 10.3. The molecule has 12 heteroatoms. The Bertz CT molecular complexity index is 1190. The second-order valence-electron chi connectivity index (χ2n) is 7.70. The Hall–Kier alpha value is -3.28. The van der Waals surface area contributed by atoms with E-state index >= 15 is 0 Å². The molecule has 3 heterocycles. The first-order valence-corrected chi connectivity index (χ1v) is 11.6. The molecule has 0 unspecified atom stereocenters. The summed E-state index contributed by atoms with van der Waals surface area (Å²) in [6.45, 7) is 2.26. The summed E-state index contributed by atoms with van der Waals surface area (Å²) in [4.78, 5) is 33.0. The van der Waals surface area contributed by atoms with Gasteiger partial charge in [-0.05, 0) is 17.7 Å². The zero-order valence-corrected chi connectivity index (χ0v) is 20.2. The van der Waals surface area contributed by atoms with Gasteiger partial charge in [0, 0.05) is 38.4 Å². The van der Waals surface area contributed by atoms with Gasteiger partial charge in [0.15, 0.2) is 5.01 Å². The highest BCUT2D eigenvalue weighted by Crippen LogP contribution is 2.40. The van der Waals surface area contributed by atoms with Gasteiger partial charge in [0.25, 0.3) is 17.0 Å². The van der Waals surface area contributed by atoms with Crippen LogP contribution in [0.2, 0.25) is 5.02 Å². The molecule has 10 nitrogen and oxygen atoms in total. The average molecular weight is 503 g/mol. The van der Waals surface area contributed by atoms with Crippen molar-refractivity contribution in [1.29, 1.82) is 0 Å². The summed E-state index contributed by atoms with van der Waals surface area (Å²) >= 11 is 7.09. The average Bonchev–Trinajstić information content (AvgIpc) is 3.31. The first kappa shape index (κ1) is 23.9. The molecule has 2 N–H and O–H groups in total. The third-order valence-corrected chi connectivity index (χ3v) is 6.25. The van der Waals surface area contributed by atoms with Gasteiger partial charge in [-0.2, -0.15) is 0 Å². The summed E-state index contributed by atoms with van der Waals surface area (Å²) in [5.74, 6) is -0.984. The molecule has 1 aliphatic rings. The topological polar surface area (TPSA) is 124 Å². The normalized spacial score (nSPS) is 13.6. The van der Waals surface area contributed by atoms with Gasteiger partial charge >= 0.3 is 0 Å². The zero-order valence-electron chi connectivity index (χ0n) is 18.7. The van der Waals surface area contributed by atoms with Gasteiger partial charge in [0.1, 0.15) is 12.3 Å². The molecule has 0 atom stereocenters. The number of ether oxygens (including phenoxy) is 2. The molecule has 1 saturated heterocycles. The van der Waals surface area contributed by atoms with Crippen molar-refractivity contribution in [3.05, 3.63) is 52.3 Å². The third kappa shape index (κ3) is 5.11. The molecule has 3 aromatic rings. The predicted octanol–water partition coefficient (Wildman–Crippen LogP) is 2.47. The highest BCUT2D eigenvalue weighted by atomic mass is 35.5. The summed E-state index contributed by atoms with van der Waals surface area (Å²) in [5, 5.41) is 9.76. The fourth-order valence-corrected chi connectivity index (χ4v) is 4.34. The highest BCUT2D eigenvalue weighted by Gasteiger charge is 2.30. The van der Waals surface area contributed by atoms with Gasteiger partial charge < -0.3 is 25.0 Å². The number of pyridine rings is 1. The van der Waals surface area contributed by atoms with E-state index in [0.29, 0.717) is 52.8 Å². The molecule has 34 heavy (non-hydrogen) atoms. The summed E-state index contributed by atoms with van der Waals surface area (Å²) in [7, 11) is 3.26. The fourth-order valence-electron chi connectivity index (χ4n) is 3.47. The molecule has 0 aliphatic carbocycles. The Morgan fingerprint density at radius 3 is 2.56 bits per heavy atom. The molecular weight excluding hydrogens is 480 g/mol. The molecule has 0 saturated carbocycles. The largest absolute Gasteiger partial charge is 0.464 e. The minimum atomic E-state index is -0.650. The van der Waals surface area contributed by atoms with Gasteiger partial charge in [-0.25, -0.2) is 4.98 Å². The molecule has 178 valence electrons. The van der Waals surface area contributed by atoms with Crippen LogP contribution in [0.1, 0.15) is 26.4 Å². The molecule has 1 aliphatic heterocycles. The smallest absolute Gasteiger partial charge is 0.294 e. The predicted molar refractivity (Wildman–Crippen MR) is 128 cm³/mol. The van der Waals surface area contributed by atoms with Crippen LogP contribution in [0.4, 0.5) is 5.69 Å². The van der Waals surface area contributed by atoms with Crippen LogP contribution in [0.3, 0.4) is 0 Å². The number of carbonyl (C=O) groups is 2. The number of nitrogens with zero attached hydrogens (tertiary/aromatic N) is 5. The SMILES string of the molecule is CN(C)C(=O)c1ncc(C(N)=O)c(N2CCOCC2)c1-c1nnc(OCc2ccc(Cl)cc2)s1. The van der Waals surface area contributed by atoms with Crippen molar-refractivity contribution in [3.8, 4) is 15.8 Å². The fraction of sp³-hybridized carbons (Fsp3) is 0.318. The van der Waals surface area contributed by atoms with Crippen LogP contribution in [-0.2, 0) is 11.3 Å². The molecule has 2 amide bonds. The second-order valence-corrected chi connectivity index (χ2v) is 9.07. The zero-order chi connectivity index (χ0) is 24.2. The molecule has 0 bridgehead atoms. The molecule has 0 radical (unpaired) electrons. The van der Waals surface area contributed by atoms with Crippen molar-refractivity contribution in [3.63, 3.8) is 0 Å². The standard InChI is InChI=1S/C22H23ClN6O4S/c1-28(2)21(31)17-16(18(15(11-25-17)19(24)30)29-7-9-32-10-8-29)20-26-27-22(34-20)33-12-13-3-5-14(23)6-4-13/h3-6,11H,7-10,12H2,1-2H3,(H2,24,30). The molecule has 2 aromatic heterocycles. The number of aromatic nitrogens is 3. The maximum atomic E-state index is 13.0. The van der Waals surface area contributed by atoms with Crippen molar-refractivity contribution >= 4 is 40.4 Å². The van der Waals surface area contributed by atoms with E-state index in [-0.39, 0.29) is 23.8 Å². The number of hydrogen-bond donors (Lipinski definition) is 1. The van der Waals surface area contributed by atoms with Crippen molar-refractivity contribution in [2.24, 2.45) is 5.73 Å². The number of amides is 2. The lowest BCUT2D eigenvalue weighted by Crippen LogP contribution is -2.38. The monoisotopic (exact) mass is 502 g/mol. The van der Waals surface area contributed by atoms with Gasteiger partial charge in [-0.3, -0.25) is 9.59 Å². The van der Waals surface area contributed by atoms with E-state index < -0.39 is 5.91 Å². The maximum absolute atomic E-state index is 13.0. The van der Waals surface area contributed by atoms with Crippen molar-refractivity contribution < 1.29 is 19.1 Å². The van der Waals surface area contributed by atoms with Gasteiger partial charge in [-0.1, -0.05) is 40.2 Å². The molecule has 0 spiro atoms. The summed E-state index contributed by atoms with van der Waals surface area (Å²) in [5.41, 5.74) is 7.84. The first-order valence-electron chi connectivity index (χ1n) is 10.4. The highest BCUT2D eigenvalue weighted by molar-refractivity contribution is 7.16. The third-order valence-electron chi connectivity index (χ3n) is 5.15. The van der Waals surface area contributed by atoms with Crippen LogP contribution in [-0.4, -0.2) is 72.3 Å². The van der Waals surface area contributed by atoms with Crippen molar-refractivity contribution in [2.45, 2.75) is 6.61 Å². The Morgan fingerprint density at radius 1 is 1.21 bits per heavy atom. The van der Waals surface area contributed by atoms with E-state index in [9.17, 15) is 9.59 Å². The number of anilines is 1. The van der Waals surface area contributed by atoms with Crippen LogP contribution in [0.15, 0.2) is 30.5 Å². The van der Waals surface area contributed by atoms with E-state index in [0.717, 1.165) is 16.9 Å².